The Kier molecular flexibility index (Phi) is 17.1. The maximum atomic E-state index is 12.4. The number of aryl methyl sites for hydroxylation is 1. The molecule has 3 aromatic carbocycles. The average Bonchev–Trinajstić information content (AvgIpc) is 3.06. The highest BCUT2D eigenvalue weighted by atomic mass is 16.5. The third-order valence-corrected chi connectivity index (χ3v) is 5.88. The fraction of sp³-hybridized carbons (Fsp3) is 0.278. The second-order valence-electron chi connectivity index (χ2n) is 9.60. The molecule has 0 N–H and O–H groups in total. The molecular weight excluding hydrogens is 592 g/mol. The van der Waals surface area contributed by atoms with Crippen molar-refractivity contribution < 1.29 is 47.6 Å². The van der Waals surface area contributed by atoms with Crippen LogP contribution < -0.4 is 18.9 Å². The van der Waals surface area contributed by atoms with E-state index in [1.807, 2.05) is 30.3 Å². The Morgan fingerprint density at radius 3 is 1.63 bits per heavy atom. The first-order valence-electron chi connectivity index (χ1n) is 14.7. The Morgan fingerprint density at radius 2 is 1.13 bits per heavy atom. The molecule has 244 valence electrons. The fourth-order valence-corrected chi connectivity index (χ4v) is 3.58. The minimum absolute atomic E-state index is 0.320. The van der Waals surface area contributed by atoms with Crippen molar-refractivity contribution in [1.82, 2.24) is 0 Å². The summed E-state index contributed by atoms with van der Waals surface area (Å²) in [7, 11) is 0. The molecule has 0 fully saturated rings. The first kappa shape index (κ1) is 36.8. The van der Waals surface area contributed by atoms with Crippen molar-refractivity contribution in [1.29, 1.82) is 0 Å². The molecule has 0 aliphatic rings. The average molecular weight is 633 g/mol. The lowest BCUT2D eigenvalue weighted by molar-refractivity contribution is -0.138. The summed E-state index contributed by atoms with van der Waals surface area (Å²) in [6.45, 7) is 11.6. The van der Waals surface area contributed by atoms with Crippen molar-refractivity contribution in [2.75, 3.05) is 26.4 Å². The Balaban J connectivity index is 0.000000387. The Bertz CT molecular complexity index is 1410. The van der Waals surface area contributed by atoms with Crippen molar-refractivity contribution in [3.63, 3.8) is 0 Å². The van der Waals surface area contributed by atoms with Crippen LogP contribution in [-0.4, -0.2) is 50.3 Å². The van der Waals surface area contributed by atoms with Crippen LogP contribution in [0.4, 0.5) is 0 Å². The molecule has 0 atom stereocenters. The summed E-state index contributed by atoms with van der Waals surface area (Å²) in [5.41, 5.74) is 1.04. The smallest absolute Gasteiger partial charge is 0.343 e. The zero-order valence-corrected chi connectivity index (χ0v) is 26.2. The third kappa shape index (κ3) is 15.4. The third-order valence-electron chi connectivity index (χ3n) is 5.88. The normalized spacial score (nSPS) is 9.87. The van der Waals surface area contributed by atoms with Gasteiger partial charge >= 0.3 is 23.9 Å². The van der Waals surface area contributed by atoms with Gasteiger partial charge < -0.3 is 28.4 Å². The standard InChI is InChI=1S/C23H24O7.C13H16O3/c1-4-22(25)28-14-6-5-13-27-19-9-7-18(8-10-19)23(26)30-21-12-11-20(15-16(21)2)29-17(3)24;1-2-13(14)16-11-7-6-10-15-12-8-4-3-5-9-12/h4,7-12,15H,1,5-6,13-14H2,2-3H3;2-5,8-9H,1,6-7,10-11H2. The van der Waals surface area contributed by atoms with E-state index >= 15 is 0 Å². The van der Waals surface area contributed by atoms with Crippen LogP contribution in [0.1, 0.15) is 48.5 Å². The highest BCUT2D eigenvalue weighted by Crippen LogP contribution is 2.25. The molecule has 0 amide bonds. The van der Waals surface area contributed by atoms with E-state index in [0.717, 1.165) is 31.1 Å². The molecule has 3 rings (SSSR count). The van der Waals surface area contributed by atoms with Crippen molar-refractivity contribution >= 4 is 23.9 Å². The number of unbranched alkanes of at least 4 members (excludes halogenated alkanes) is 2. The van der Waals surface area contributed by atoms with E-state index in [9.17, 15) is 19.2 Å². The molecule has 0 saturated carbocycles. The summed E-state index contributed by atoms with van der Waals surface area (Å²) in [4.78, 5) is 45.0. The highest BCUT2D eigenvalue weighted by Gasteiger charge is 2.12. The predicted octanol–water partition coefficient (Wildman–Crippen LogP) is 6.60. The van der Waals surface area contributed by atoms with Gasteiger partial charge in [0.05, 0.1) is 32.0 Å². The zero-order chi connectivity index (χ0) is 33.6. The molecule has 0 heterocycles. The van der Waals surface area contributed by atoms with Crippen LogP contribution in [-0.2, 0) is 23.9 Å². The number of benzene rings is 3. The Hall–Kier alpha value is -5.38. The minimum atomic E-state index is -0.506. The molecule has 46 heavy (non-hydrogen) atoms. The van der Waals surface area contributed by atoms with Crippen molar-refractivity contribution in [2.24, 2.45) is 0 Å². The predicted molar refractivity (Wildman–Crippen MR) is 172 cm³/mol. The van der Waals surface area contributed by atoms with Crippen LogP contribution in [0, 0.1) is 6.92 Å². The second-order valence-corrected chi connectivity index (χ2v) is 9.60. The largest absolute Gasteiger partial charge is 0.494 e. The van der Waals surface area contributed by atoms with Crippen LogP contribution in [0.3, 0.4) is 0 Å². The zero-order valence-electron chi connectivity index (χ0n) is 26.2. The fourth-order valence-electron chi connectivity index (χ4n) is 3.58. The number of hydrogen-bond acceptors (Lipinski definition) is 10. The number of carbonyl (C=O) groups is 4. The summed E-state index contributed by atoms with van der Waals surface area (Å²) < 4.78 is 31.2. The van der Waals surface area contributed by atoms with E-state index in [-0.39, 0.29) is 5.97 Å². The molecule has 3 aromatic rings. The minimum Gasteiger partial charge on any atom is -0.494 e. The Morgan fingerprint density at radius 1 is 0.630 bits per heavy atom. The molecular formula is C36H40O10. The summed E-state index contributed by atoms with van der Waals surface area (Å²) >= 11 is 0. The van der Waals surface area contributed by atoms with Crippen molar-refractivity contribution in [3.8, 4) is 23.0 Å². The summed E-state index contributed by atoms with van der Waals surface area (Å²) in [6, 6.07) is 21.0. The van der Waals surface area contributed by atoms with E-state index in [4.69, 9.17) is 28.4 Å². The number of ether oxygens (including phenoxy) is 6. The van der Waals surface area contributed by atoms with Crippen molar-refractivity contribution in [2.45, 2.75) is 39.5 Å². The van der Waals surface area contributed by atoms with Gasteiger partial charge in [0.25, 0.3) is 0 Å². The molecule has 0 spiro atoms. The molecule has 0 aliphatic heterocycles. The number of carbonyl (C=O) groups excluding carboxylic acids is 4. The lowest BCUT2D eigenvalue weighted by atomic mass is 10.2. The Labute approximate surface area is 269 Å². The van der Waals surface area contributed by atoms with E-state index < -0.39 is 17.9 Å². The van der Waals surface area contributed by atoms with E-state index in [1.54, 1.807) is 49.4 Å². The van der Waals surface area contributed by atoms with Gasteiger partial charge in [0.2, 0.25) is 0 Å². The highest BCUT2D eigenvalue weighted by molar-refractivity contribution is 5.91. The molecule has 0 unspecified atom stereocenters. The number of para-hydroxylation sites is 1. The van der Waals surface area contributed by atoms with E-state index in [1.165, 1.54) is 13.0 Å². The SMILES string of the molecule is C=CC(=O)OCCCCOc1ccc(C(=O)Oc2ccc(OC(C)=O)cc2C)cc1.C=CC(=O)OCCCCOc1ccccc1. The molecule has 0 aromatic heterocycles. The number of esters is 4. The summed E-state index contributed by atoms with van der Waals surface area (Å²) in [6.07, 6.45) is 5.35. The lowest BCUT2D eigenvalue weighted by Crippen LogP contribution is -2.09. The molecule has 10 heteroatoms. The molecule has 0 bridgehead atoms. The van der Waals surface area contributed by atoms with Crippen LogP contribution >= 0.6 is 0 Å². The van der Waals surface area contributed by atoms with Crippen LogP contribution in [0.5, 0.6) is 23.0 Å². The summed E-state index contributed by atoms with van der Waals surface area (Å²) in [5.74, 6) is 0.528. The number of rotatable bonds is 17. The van der Waals surface area contributed by atoms with Gasteiger partial charge in [-0.3, -0.25) is 4.79 Å². The van der Waals surface area contributed by atoms with Gasteiger partial charge in [-0.1, -0.05) is 31.4 Å². The van der Waals surface area contributed by atoms with Crippen LogP contribution in [0.15, 0.2) is 98.1 Å². The van der Waals surface area contributed by atoms with E-state index in [2.05, 4.69) is 13.2 Å². The van der Waals surface area contributed by atoms with Gasteiger partial charge in [0, 0.05) is 19.1 Å². The van der Waals surface area contributed by atoms with E-state index in [0.29, 0.717) is 61.2 Å². The monoisotopic (exact) mass is 632 g/mol. The maximum Gasteiger partial charge on any atom is 0.343 e. The van der Waals surface area contributed by atoms with Crippen LogP contribution in [0.25, 0.3) is 0 Å². The maximum absolute atomic E-state index is 12.4. The topological polar surface area (TPSA) is 124 Å². The van der Waals surface area contributed by atoms with Gasteiger partial charge in [-0.05, 0) is 92.8 Å². The van der Waals surface area contributed by atoms with Gasteiger partial charge in [-0.15, -0.1) is 0 Å². The molecule has 0 aliphatic carbocycles. The quantitative estimate of drug-likeness (QED) is 0.0696. The second kappa shape index (κ2) is 21.3. The van der Waals surface area contributed by atoms with Crippen LogP contribution in [0.2, 0.25) is 0 Å². The lowest BCUT2D eigenvalue weighted by Gasteiger charge is -2.10. The first-order chi connectivity index (χ1) is 22.2. The molecule has 10 nitrogen and oxygen atoms in total. The first-order valence-corrected chi connectivity index (χ1v) is 14.7. The molecule has 0 radical (unpaired) electrons. The summed E-state index contributed by atoms with van der Waals surface area (Å²) in [5, 5.41) is 0. The molecule has 0 saturated heterocycles. The van der Waals surface area contributed by atoms with Gasteiger partial charge in [0.1, 0.15) is 23.0 Å². The van der Waals surface area contributed by atoms with Gasteiger partial charge in [0.15, 0.2) is 0 Å². The van der Waals surface area contributed by atoms with Gasteiger partial charge in [-0.2, -0.15) is 0 Å². The van der Waals surface area contributed by atoms with Crippen molar-refractivity contribution in [3.05, 3.63) is 109 Å². The van der Waals surface area contributed by atoms with Gasteiger partial charge in [-0.25, -0.2) is 14.4 Å². The number of hydrogen-bond donors (Lipinski definition) is 0.